The number of nitrogens with zero attached hydrogens (tertiary/aromatic N) is 1. The predicted octanol–water partition coefficient (Wildman–Crippen LogP) is 3.97. The first-order valence-electron chi connectivity index (χ1n) is 6.05. The molecule has 0 aliphatic rings. The molecule has 0 aromatic heterocycles. The van der Waals surface area contributed by atoms with Crippen LogP contribution in [0.5, 0.6) is 5.75 Å². The van der Waals surface area contributed by atoms with Gasteiger partial charge in [-0.05, 0) is 36.4 Å². The van der Waals surface area contributed by atoms with Gasteiger partial charge in [-0.1, -0.05) is 23.2 Å². The van der Waals surface area contributed by atoms with Gasteiger partial charge in [0.15, 0.2) is 0 Å². The maximum atomic E-state index is 12.9. The minimum atomic E-state index is -3.94. The molecule has 0 radical (unpaired) electrons. The average molecular weight is 364 g/mol. The number of halogens is 3. The summed E-state index contributed by atoms with van der Waals surface area (Å²) in [4.78, 5) is -0.160. The van der Waals surface area contributed by atoms with E-state index < -0.39 is 15.8 Å². The second kappa shape index (κ2) is 6.32. The van der Waals surface area contributed by atoms with Gasteiger partial charge in [0.05, 0.1) is 17.8 Å². The Kier molecular flexibility index (Phi) is 4.84. The molecule has 0 fully saturated rings. The van der Waals surface area contributed by atoms with Gasteiger partial charge >= 0.3 is 0 Å². The maximum absolute atomic E-state index is 12.9. The fourth-order valence-electron chi connectivity index (χ4n) is 1.81. The SMILES string of the molecule is COc1ccc(S(=O)(=O)N(C)c2ccc(F)cc2)c(Cl)c1Cl. The van der Waals surface area contributed by atoms with Crippen molar-refractivity contribution in [3.05, 3.63) is 52.3 Å². The van der Waals surface area contributed by atoms with Crippen LogP contribution in [-0.2, 0) is 10.0 Å². The Hall–Kier alpha value is -1.50. The van der Waals surface area contributed by atoms with Crippen molar-refractivity contribution in [1.29, 1.82) is 0 Å². The van der Waals surface area contributed by atoms with E-state index in [0.29, 0.717) is 5.69 Å². The fraction of sp³-hybridized carbons (Fsp3) is 0.143. The molecule has 118 valence electrons. The molecule has 0 aliphatic heterocycles. The van der Waals surface area contributed by atoms with Crippen molar-refractivity contribution in [1.82, 2.24) is 0 Å². The maximum Gasteiger partial charge on any atom is 0.265 e. The zero-order valence-corrected chi connectivity index (χ0v) is 14.0. The van der Waals surface area contributed by atoms with Crippen molar-refractivity contribution in [2.24, 2.45) is 0 Å². The normalized spacial score (nSPS) is 11.3. The molecule has 0 spiro atoms. The molecule has 0 bridgehead atoms. The number of anilines is 1. The Morgan fingerprint density at radius 1 is 1.05 bits per heavy atom. The number of hydrogen-bond acceptors (Lipinski definition) is 3. The van der Waals surface area contributed by atoms with Gasteiger partial charge in [0.2, 0.25) is 0 Å². The third-order valence-corrected chi connectivity index (χ3v) is 5.86. The van der Waals surface area contributed by atoms with Crippen LogP contribution < -0.4 is 9.04 Å². The molecule has 0 saturated carbocycles. The Bertz CT molecular complexity index is 794. The van der Waals surface area contributed by atoms with Gasteiger partial charge in [0, 0.05) is 7.05 Å². The van der Waals surface area contributed by atoms with Gasteiger partial charge in [0.1, 0.15) is 21.5 Å². The van der Waals surface area contributed by atoms with Gasteiger partial charge in [-0.3, -0.25) is 4.31 Å². The summed E-state index contributed by atoms with van der Waals surface area (Å²) in [5, 5.41) is -0.118. The standard InChI is InChI=1S/C14H12Cl2FNO3S/c1-18(10-5-3-9(17)4-6-10)22(19,20)12-8-7-11(21-2)13(15)14(12)16/h3-8H,1-2H3. The van der Waals surface area contributed by atoms with Crippen LogP contribution in [-0.4, -0.2) is 22.6 Å². The lowest BCUT2D eigenvalue weighted by Gasteiger charge is -2.20. The van der Waals surface area contributed by atoms with E-state index in [2.05, 4.69) is 0 Å². The molecule has 0 amide bonds. The topological polar surface area (TPSA) is 46.6 Å². The lowest BCUT2D eigenvalue weighted by molar-refractivity contribution is 0.414. The van der Waals surface area contributed by atoms with E-state index in [1.165, 1.54) is 50.6 Å². The van der Waals surface area contributed by atoms with Crippen molar-refractivity contribution in [3.8, 4) is 5.75 Å². The van der Waals surface area contributed by atoms with Gasteiger partial charge < -0.3 is 4.74 Å². The number of methoxy groups -OCH3 is 1. The predicted molar refractivity (Wildman–Crippen MR) is 85.0 cm³/mol. The zero-order valence-electron chi connectivity index (χ0n) is 11.7. The van der Waals surface area contributed by atoms with E-state index in [4.69, 9.17) is 27.9 Å². The van der Waals surface area contributed by atoms with Crippen molar-refractivity contribution in [2.45, 2.75) is 4.90 Å². The molecule has 0 atom stereocenters. The van der Waals surface area contributed by atoms with Crippen LogP contribution in [0.25, 0.3) is 0 Å². The molecule has 0 N–H and O–H groups in total. The first kappa shape index (κ1) is 16.9. The van der Waals surface area contributed by atoms with Gasteiger partial charge in [0.25, 0.3) is 10.0 Å². The third kappa shape index (κ3) is 2.99. The van der Waals surface area contributed by atoms with Crippen LogP contribution in [0, 0.1) is 5.82 Å². The van der Waals surface area contributed by atoms with Crippen molar-refractivity contribution in [2.75, 3.05) is 18.5 Å². The third-order valence-electron chi connectivity index (χ3n) is 3.06. The van der Waals surface area contributed by atoms with E-state index >= 15 is 0 Å². The number of ether oxygens (including phenoxy) is 1. The summed E-state index contributed by atoms with van der Waals surface area (Å²) in [7, 11) is -1.20. The van der Waals surface area contributed by atoms with E-state index in [0.717, 1.165) is 4.31 Å². The summed E-state index contributed by atoms with van der Waals surface area (Å²) < 4.78 is 44.2. The highest BCUT2D eigenvalue weighted by Gasteiger charge is 2.26. The monoisotopic (exact) mass is 363 g/mol. The molecule has 0 saturated heterocycles. The van der Waals surface area contributed by atoms with E-state index in [1.54, 1.807) is 0 Å². The Balaban J connectivity index is 2.51. The molecular formula is C14H12Cl2FNO3S. The van der Waals surface area contributed by atoms with Crippen LogP contribution in [0.15, 0.2) is 41.3 Å². The van der Waals surface area contributed by atoms with Crippen molar-refractivity contribution < 1.29 is 17.5 Å². The summed E-state index contributed by atoms with van der Waals surface area (Å²) in [6.07, 6.45) is 0. The minimum absolute atomic E-state index is 0.0118. The Labute approximate surface area is 138 Å². The van der Waals surface area contributed by atoms with Crippen molar-refractivity contribution >= 4 is 38.9 Å². The van der Waals surface area contributed by atoms with Crippen LogP contribution in [0.1, 0.15) is 0 Å². The molecule has 4 nitrogen and oxygen atoms in total. The lowest BCUT2D eigenvalue weighted by atomic mass is 10.3. The second-order valence-electron chi connectivity index (χ2n) is 4.34. The zero-order chi connectivity index (χ0) is 16.5. The van der Waals surface area contributed by atoms with E-state index in [9.17, 15) is 12.8 Å². The quantitative estimate of drug-likeness (QED) is 0.825. The molecule has 2 aromatic rings. The molecule has 0 heterocycles. The Morgan fingerprint density at radius 2 is 1.64 bits per heavy atom. The van der Waals surface area contributed by atoms with Gasteiger partial charge in [-0.25, -0.2) is 12.8 Å². The molecule has 8 heteroatoms. The number of rotatable bonds is 4. The number of benzene rings is 2. The first-order valence-corrected chi connectivity index (χ1v) is 8.25. The highest BCUT2D eigenvalue weighted by atomic mass is 35.5. The Morgan fingerprint density at radius 3 is 2.18 bits per heavy atom. The number of sulfonamides is 1. The van der Waals surface area contributed by atoms with Crippen LogP contribution in [0.3, 0.4) is 0 Å². The van der Waals surface area contributed by atoms with Gasteiger partial charge in [-0.2, -0.15) is 0 Å². The smallest absolute Gasteiger partial charge is 0.265 e. The second-order valence-corrected chi connectivity index (χ2v) is 7.04. The molecule has 2 rings (SSSR count). The minimum Gasteiger partial charge on any atom is -0.495 e. The summed E-state index contributed by atoms with van der Waals surface area (Å²) in [5.41, 5.74) is 0.296. The average Bonchev–Trinajstić information content (AvgIpc) is 2.49. The molecule has 22 heavy (non-hydrogen) atoms. The molecule has 0 aliphatic carbocycles. The van der Waals surface area contributed by atoms with Crippen LogP contribution >= 0.6 is 23.2 Å². The fourth-order valence-corrected chi connectivity index (χ4v) is 3.82. The first-order chi connectivity index (χ1) is 10.3. The summed E-state index contributed by atoms with van der Waals surface area (Å²) >= 11 is 12.0. The number of hydrogen-bond donors (Lipinski definition) is 0. The molecular weight excluding hydrogens is 352 g/mol. The highest BCUT2D eigenvalue weighted by Crippen LogP contribution is 2.38. The van der Waals surface area contributed by atoms with E-state index in [1.807, 2.05) is 0 Å². The van der Waals surface area contributed by atoms with E-state index in [-0.39, 0.29) is 20.7 Å². The summed E-state index contributed by atoms with van der Waals surface area (Å²) in [5.74, 6) is -0.185. The highest BCUT2D eigenvalue weighted by molar-refractivity contribution is 7.93. The lowest BCUT2D eigenvalue weighted by Crippen LogP contribution is -2.26. The van der Waals surface area contributed by atoms with Gasteiger partial charge in [-0.15, -0.1) is 0 Å². The van der Waals surface area contributed by atoms with Crippen LogP contribution in [0.2, 0.25) is 10.0 Å². The van der Waals surface area contributed by atoms with Crippen molar-refractivity contribution in [3.63, 3.8) is 0 Å². The molecule has 0 unspecified atom stereocenters. The van der Waals surface area contributed by atoms with Crippen LogP contribution in [0.4, 0.5) is 10.1 Å². The molecule has 2 aromatic carbocycles. The largest absolute Gasteiger partial charge is 0.495 e. The summed E-state index contributed by atoms with van der Waals surface area (Å²) in [6.45, 7) is 0. The summed E-state index contributed by atoms with van der Waals surface area (Å²) in [6, 6.07) is 7.77.